The lowest BCUT2D eigenvalue weighted by Gasteiger charge is -2.20. The molecule has 17 heavy (non-hydrogen) atoms. The van der Waals surface area contributed by atoms with Crippen LogP contribution in [0.15, 0.2) is 0 Å². The maximum atomic E-state index is 9.08. The third-order valence-electron chi connectivity index (χ3n) is 3.50. The van der Waals surface area contributed by atoms with Gasteiger partial charge in [0.1, 0.15) is 0 Å². The zero-order valence-corrected chi connectivity index (χ0v) is 11.5. The highest BCUT2D eigenvalue weighted by atomic mass is 32.1. The predicted molar refractivity (Wildman–Crippen MR) is 69.9 cm³/mol. The Morgan fingerprint density at radius 1 is 1.47 bits per heavy atom. The van der Waals surface area contributed by atoms with E-state index >= 15 is 0 Å². The van der Waals surface area contributed by atoms with Gasteiger partial charge < -0.3 is 5.32 Å². The van der Waals surface area contributed by atoms with Crippen LogP contribution < -0.4 is 5.32 Å². The van der Waals surface area contributed by atoms with Crippen LogP contribution in [0.25, 0.3) is 0 Å². The second kappa shape index (κ2) is 5.16. The molecule has 1 N–H and O–H groups in total. The maximum Gasteiger partial charge on any atom is 0.0900 e. The number of nitrogens with one attached hydrogen (secondary N) is 1. The van der Waals surface area contributed by atoms with E-state index in [9.17, 15) is 0 Å². The lowest BCUT2D eigenvalue weighted by Crippen LogP contribution is -2.34. The van der Waals surface area contributed by atoms with Crippen molar-refractivity contribution in [3.8, 4) is 6.07 Å². The largest absolute Gasteiger partial charge is 0.305 e. The summed E-state index contributed by atoms with van der Waals surface area (Å²) in [6.07, 6.45) is 3.32. The highest BCUT2D eigenvalue weighted by Gasteiger charge is 2.29. The van der Waals surface area contributed by atoms with Gasteiger partial charge in [0.25, 0.3) is 0 Å². The molecule has 0 aromatic carbocycles. The van der Waals surface area contributed by atoms with Crippen molar-refractivity contribution in [1.29, 1.82) is 5.26 Å². The molecule has 1 saturated carbocycles. The van der Waals surface area contributed by atoms with Gasteiger partial charge in [0, 0.05) is 17.0 Å². The quantitative estimate of drug-likeness (QED) is 0.895. The zero-order valence-electron chi connectivity index (χ0n) is 10.7. The molecule has 0 saturated heterocycles. The van der Waals surface area contributed by atoms with Gasteiger partial charge in [0.05, 0.1) is 22.7 Å². The van der Waals surface area contributed by atoms with Crippen molar-refractivity contribution in [2.24, 2.45) is 5.92 Å². The number of nitrogens with zero attached hydrogens (tertiary/aromatic N) is 2. The van der Waals surface area contributed by atoms with Gasteiger partial charge in [0.15, 0.2) is 0 Å². The smallest absolute Gasteiger partial charge is 0.0900 e. The standard InChI is InChI=1S/C13H19N3S/c1-8(13-9(2)17-10(3)16-13)15-12-6-4-5-11(12)7-14/h8,11-12,15H,4-6H2,1-3H3. The normalized spacial score (nSPS) is 25.8. The Morgan fingerprint density at radius 2 is 2.24 bits per heavy atom. The SMILES string of the molecule is Cc1nc(C(C)NC2CCCC2C#N)c(C)s1. The van der Waals surface area contributed by atoms with E-state index in [-0.39, 0.29) is 12.0 Å². The van der Waals surface area contributed by atoms with E-state index in [0.717, 1.165) is 30.0 Å². The first-order valence-corrected chi connectivity index (χ1v) is 7.03. The molecule has 0 radical (unpaired) electrons. The molecule has 0 spiro atoms. The van der Waals surface area contributed by atoms with Gasteiger partial charge >= 0.3 is 0 Å². The Morgan fingerprint density at radius 3 is 2.82 bits per heavy atom. The fourth-order valence-corrected chi connectivity index (χ4v) is 3.57. The Balaban J connectivity index is 2.04. The molecular weight excluding hydrogens is 230 g/mol. The van der Waals surface area contributed by atoms with Crippen LogP contribution in [-0.4, -0.2) is 11.0 Å². The number of hydrogen-bond donors (Lipinski definition) is 1. The van der Waals surface area contributed by atoms with Crippen molar-refractivity contribution in [3.05, 3.63) is 15.6 Å². The first kappa shape index (κ1) is 12.5. The fraction of sp³-hybridized carbons (Fsp3) is 0.692. The first-order chi connectivity index (χ1) is 8.11. The third-order valence-corrected chi connectivity index (χ3v) is 4.40. The Labute approximate surface area is 107 Å². The molecule has 0 bridgehead atoms. The molecule has 1 aliphatic rings. The second-order valence-corrected chi connectivity index (χ2v) is 6.24. The van der Waals surface area contributed by atoms with Gasteiger partial charge in [-0.05, 0) is 33.6 Å². The minimum Gasteiger partial charge on any atom is -0.305 e. The summed E-state index contributed by atoms with van der Waals surface area (Å²) in [4.78, 5) is 5.86. The van der Waals surface area contributed by atoms with Crippen molar-refractivity contribution in [2.75, 3.05) is 0 Å². The summed E-state index contributed by atoms with van der Waals surface area (Å²) >= 11 is 1.75. The summed E-state index contributed by atoms with van der Waals surface area (Å²) < 4.78 is 0. The summed E-state index contributed by atoms with van der Waals surface area (Å²) in [5.74, 6) is 0.178. The summed E-state index contributed by atoms with van der Waals surface area (Å²) in [7, 11) is 0. The van der Waals surface area contributed by atoms with Crippen LogP contribution in [0.4, 0.5) is 0 Å². The average Bonchev–Trinajstić information content (AvgIpc) is 2.84. The van der Waals surface area contributed by atoms with Crippen molar-refractivity contribution < 1.29 is 0 Å². The number of thiazole rings is 1. The lowest BCUT2D eigenvalue weighted by atomic mass is 10.0. The van der Waals surface area contributed by atoms with Crippen LogP contribution in [-0.2, 0) is 0 Å². The average molecular weight is 249 g/mol. The van der Waals surface area contributed by atoms with Crippen molar-refractivity contribution in [3.63, 3.8) is 0 Å². The minimum atomic E-state index is 0.178. The monoisotopic (exact) mass is 249 g/mol. The van der Waals surface area contributed by atoms with E-state index in [1.807, 2.05) is 6.92 Å². The van der Waals surface area contributed by atoms with Crippen LogP contribution in [0, 0.1) is 31.1 Å². The number of nitriles is 1. The Hall–Kier alpha value is -0.920. The predicted octanol–water partition coefficient (Wildman–Crippen LogP) is 3.10. The number of hydrogen-bond acceptors (Lipinski definition) is 4. The van der Waals surface area contributed by atoms with Gasteiger partial charge in [-0.3, -0.25) is 0 Å². The van der Waals surface area contributed by atoms with Crippen molar-refractivity contribution >= 4 is 11.3 Å². The second-order valence-electron chi connectivity index (χ2n) is 4.84. The van der Waals surface area contributed by atoms with E-state index in [4.69, 9.17) is 5.26 Å². The molecule has 3 atom stereocenters. The molecular formula is C13H19N3S. The van der Waals surface area contributed by atoms with E-state index in [0.29, 0.717) is 6.04 Å². The molecule has 1 heterocycles. The first-order valence-electron chi connectivity index (χ1n) is 6.21. The van der Waals surface area contributed by atoms with Gasteiger partial charge in [0.2, 0.25) is 0 Å². The topological polar surface area (TPSA) is 48.7 Å². The molecule has 3 nitrogen and oxygen atoms in total. The maximum absolute atomic E-state index is 9.08. The fourth-order valence-electron chi connectivity index (χ4n) is 2.66. The van der Waals surface area contributed by atoms with E-state index in [2.05, 4.69) is 30.2 Å². The lowest BCUT2D eigenvalue weighted by molar-refractivity contribution is 0.413. The zero-order chi connectivity index (χ0) is 12.4. The Kier molecular flexibility index (Phi) is 3.80. The van der Waals surface area contributed by atoms with Crippen LogP contribution in [0.2, 0.25) is 0 Å². The molecule has 0 amide bonds. The third kappa shape index (κ3) is 2.67. The molecule has 1 aromatic heterocycles. The van der Waals surface area contributed by atoms with Crippen molar-refractivity contribution in [1.82, 2.24) is 10.3 Å². The number of aryl methyl sites for hydroxylation is 2. The van der Waals surface area contributed by atoms with Crippen LogP contribution in [0.1, 0.15) is 47.8 Å². The van der Waals surface area contributed by atoms with Crippen LogP contribution in [0.3, 0.4) is 0 Å². The molecule has 4 heteroatoms. The minimum absolute atomic E-state index is 0.178. The van der Waals surface area contributed by atoms with Gasteiger partial charge in [-0.2, -0.15) is 5.26 Å². The molecule has 0 aliphatic heterocycles. The molecule has 1 aliphatic carbocycles. The summed E-state index contributed by atoms with van der Waals surface area (Å²) in [6, 6.07) is 3.00. The number of rotatable bonds is 3. The van der Waals surface area contributed by atoms with Gasteiger partial charge in [-0.1, -0.05) is 6.42 Å². The van der Waals surface area contributed by atoms with Crippen LogP contribution in [0.5, 0.6) is 0 Å². The Bertz CT molecular complexity index is 432. The van der Waals surface area contributed by atoms with E-state index in [1.165, 1.54) is 4.88 Å². The highest BCUT2D eigenvalue weighted by molar-refractivity contribution is 7.11. The molecule has 2 rings (SSSR count). The van der Waals surface area contributed by atoms with E-state index in [1.54, 1.807) is 11.3 Å². The summed E-state index contributed by atoms with van der Waals surface area (Å²) in [5.41, 5.74) is 1.15. The van der Waals surface area contributed by atoms with E-state index < -0.39 is 0 Å². The van der Waals surface area contributed by atoms with Crippen LogP contribution >= 0.6 is 11.3 Å². The summed E-state index contributed by atoms with van der Waals surface area (Å²) in [5, 5.41) is 13.8. The molecule has 92 valence electrons. The molecule has 1 aromatic rings. The van der Waals surface area contributed by atoms with Gasteiger partial charge in [-0.25, -0.2) is 4.98 Å². The van der Waals surface area contributed by atoms with Crippen molar-refractivity contribution in [2.45, 2.75) is 52.1 Å². The van der Waals surface area contributed by atoms with Gasteiger partial charge in [-0.15, -0.1) is 11.3 Å². The molecule has 1 fully saturated rings. The number of aromatic nitrogens is 1. The summed E-state index contributed by atoms with van der Waals surface area (Å²) in [6.45, 7) is 6.31. The highest BCUT2D eigenvalue weighted by Crippen LogP contribution is 2.29. The molecule has 3 unspecified atom stereocenters.